The number of hydrogen-bond acceptors (Lipinski definition) is 5. The summed E-state index contributed by atoms with van der Waals surface area (Å²) in [6.45, 7) is -0.580. The minimum absolute atomic E-state index is 0.0568. The van der Waals surface area contributed by atoms with E-state index in [9.17, 15) is 4.79 Å². The van der Waals surface area contributed by atoms with Crippen molar-refractivity contribution in [3.8, 4) is 0 Å². The Hall–Kier alpha value is 0.440. The molecule has 0 aliphatic rings. The summed E-state index contributed by atoms with van der Waals surface area (Å²) in [6, 6.07) is 0. The highest BCUT2D eigenvalue weighted by Crippen LogP contribution is 2.35. The first kappa shape index (κ1) is 15.5. The summed E-state index contributed by atoms with van der Waals surface area (Å²) in [7, 11) is 0. The summed E-state index contributed by atoms with van der Waals surface area (Å²) >= 11 is 6.25. The van der Waals surface area contributed by atoms with E-state index < -0.39 is 12.6 Å². The van der Waals surface area contributed by atoms with Crippen LogP contribution in [0, 0.1) is 10.7 Å². The Morgan fingerprint density at radius 1 is 1.12 bits per heavy atom. The molecule has 0 aromatic heterocycles. The number of hydrogen-bond donors (Lipinski definition) is 3. The fourth-order valence-electron chi connectivity index (χ4n) is 1.08. The van der Waals surface area contributed by atoms with Gasteiger partial charge in [-0.25, -0.2) is 4.79 Å². The summed E-state index contributed by atoms with van der Waals surface area (Å²) < 4.78 is 7.31. The lowest BCUT2D eigenvalue weighted by Gasteiger charge is -2.14. The molecule has 0 bridgehead atoms. The fourth-order valence-corrected chi connectivity index (χ4v) is 4.56. The Labute approximate surface area is 139 Å². The zero-order valence-corrected chi connectivity index (χ0v) is 14.9. The maximum atomic E-state index is 10.9. The average molecular weight is 574 g/mol. The second-order valence-corrected chi connectivity index (χ2v) is 6.30. The minimum Gasteiger partial charge on any atom is -0.459 e. The molecule has 5 nitrogen and oxygen atoms in total. The minimum atomic E-state index is -0.674. The number of halogens is 3. The van der Waals surface area contributed by atoms with Crippen molar-refractivity contribution in [2.24, 2.45) is 0 Å². The molecular weight excluding hydrogens is 565 g/mol. The molecule has 0 amide bonds. The van der Waals surface area contributed by atoms with Crippen molar-refractivity contribution >= 4 is 85.1 Å². The number of rotatable bonds is 3. The first-order valence-electron chi connectivity index (χ1n) is 4.36. The number of carbonyl (C=O) groups is 1. The van der Waals surface area contributed by atoms with Gasteiger partial charge in [0.2, 0.25) is 0 Å². The van der Waals surface area contributed by atoms with Gasteiger partial charge in [-0.15, -0.1) is 0 Å². The van der Waals surface area contributed by atoms with E-state index in [-0.39, 0.29) is 6.61 Å². The van der Waals surface area contributed by atoms with E-state index in [0.717, 1.165) is 16.3 Å². The molecule has 0 unspecified atom stereocenters. The first-order chi connectivity index (χ1) is 7.90. The highest BCUT2D eigenvalue weighted by Gasteiger charge is 2.17. The van der Waals surface area contributed by atoms with Crippen LogP contribution in [-0.4, -0.2) is 17.7 Å². The van der Waals surface area contributed by atoms with Crippen LogP contribution in [0.1, 0.15) is 5.56 Å². The Morgan fingerprint density at radius 3 is 2.00 bits per heavy atom. The number of esters is 1. The van der Waals surface area contributed by atoms with Gasteiger partial charge in [-0.2, -0.15) is 0 Å². The van der Waals surface area contributed by atoms with Crippen LogP contribution in [0.3, 0.4) is 0 Å². The molecule has 1 aromatic rings. The van der Waals surface area contributed by atoms with Gasteiger partial charge in [0.1, 0.15) is 13.2 Å². The predicted molar refractivity (Wildman–Crippen MR) is 90.3 cm³/mol. The molecule has 1 aromatic carbocycles. The van der Waals surface area contributed by atoms with Gasteiger partial charge in [0.25, 0.3) is 0 Å². The lowest BCUT2D eigenvalue weighted by molar-refractivity contribution is -0.148. The van der Waals surface area contributed by atoms with Gasteiger partial charge in [-0.05, 0) is 67.8 Å². The third-order valence-electron chi connectivity index (χ3n) is 1.98. The van der Waals surface area contributed by atoms with Gasteiger partial charge < -0.3 is 21.3 Å². The van der Waals surface area contributed by atoms with E-state index in [2.05, 4.69) is 67.8 Å². The van der Waals surface area contributed by atoms with E-state index in [1.54, 1.807) is 0 Å². The van der Waals surface area contributed by atoms with Crippen LogP contribution in [0.5, 0.6) is 0 Å². The zero-order chi connectivity index (χ0) is 13.2. The molecule has 0 radical (unpaired) electrons. The number of ether oxygens (including phenoxy) is 1. The molecule has 0 aliphatic heterocycles. The Morgan fingerprint density at radius 2 is 1.59 bits per heavy atom. The van der Waals surface area contributed by atoms with Crippen molar-refractivity contribution in [3.63, 3.8) is 0 Å². The molecule has 17 heavy (non-hydrogen) atoms. The molecule has 0 spiro atoms. The standard InChI is InChI=1S/C9H9I3N2O3/c10-5-3(2-17-4(16)1-15)6(11)9(14)7(12)8(5)13/h15H,1-2,13-14H2. The van der Waals surface area contributed by atoms with Crippen LogP contribution < -0.4 is 11.5 Å². The van der Waals surface area contributed by atoms with E-state index >= 15 is 0 Å². The Bertz CT molecular complexity index is 436. The molecule has 0 saturated heterocycles. The monoisotopic (exact) mass is 574 g/mol. The summed E-state index contributed by atoms with van der Waals surface area (Å²) in [6.07, 6.45) is 0. The average Bonchev–Trinajstić information content (AvgIpc) is 2.33. The lowest BCUT2D eigenvalue weighted by Crippen LogP contribution is -2.12. The van der Waals surface area contributed by atoms with Crippen LogP contribution in [0.15, 0.2) is 0 Å². The maximum absolute atomic E-state index is 10.9. The van der Waals surface area contributed by atoms with Gasteiger partial charge in [-0.1, -0.05) is 0 Å². The molecule has 0 saturated carbocycles. The van der Waals surface area contributed by atoms with E-state index in [1.165, 1.54) is 0 Å². The van der Waals surface area contributed by atoms with Crippen LogP contribution in [-0.2, 0) is 16.1 Å². The molecule has 5 N–H and O–H groups in total. The second kappa shape index (κ2) is 6.56. The number of benzene rings is 1. The first-order valence-corrected chi connectivity index (χ1v) is 7.60. The van der Waals surface area contributed by atoms with Gasteiger partial charge in [-0.3, -0.25) is 0 Å². The predicted octanol–water partition coefficient (Wildman–Crippen LogP) is 1.70. The highest BCUT2D eigenvalue weighted by atomic mass is 127. The number of carbonyl (C=O) groups excluding carboxylic acids is 1. The molecule has 0 aliphatic carbocycles. The molecule has 8 heteroatoms. The van der Waals surface area contributed by atoms with Crippen molar-refractivity contribution in [3.05, 3.63) is 16.3 Å². The quantitative estimate of drug-likeness (QED) is 0.291. The molecule has 94 valence electrons. The number of anilines is 2. The molecule has 0 heterocycles. The SMILES string of the molecule is Nc1c(I)c(N)c(I)c(COC(=O)CO)c1I. The number of nitrogens with two attached hydrogens (primary N) is 2. The smallest absolute Gasteiger partial charge is 0.332 e. The normalized spacial score (nSPS) is 10.4. The van der Waals surface area contributed by atoms with Crippen molar-refractivity contribution in [1.82, 2.24) is 0 Å². The molecule has 0 fully saturated rings. The van der Waals surface area contributed by atoms with E-state index in [0.29, 0.717) is 11.4 Å². The summed E-state index contributed by atoms with van der Waals surface area (Å²) in [5.74, 6) is -0.674. The van der Waals surface area contributed by atoms with Gasteiger partial charge >= 0.3 is 5.97 Å². The van der Waals surface area contributed by atoms with Crippen LogP contribution >= 0.6 is 67.8 Å². The van der Waals surface area contributed by atoms with Crippen LogP contribution in [0.2, 0.25) is 0 Å². The largest absolute Gasteiger partial charge is 0.459 e. The molecule has 1 rings (SSSR count). The van der Waals surface area contributed by atoms with E-state index in [1.807, 2.05) is 0 Å². The third kappa shape index (κ3) is 3.47. The molecular formula is C9H9I3N2O3. The summed E-state index contributed by atoms with van der Waals surface area (Å²) in [4.78, 5) is 10.9. The van der Waals surface area contributed by atoms with Gasteiger partial charge in [0.15, 0.2) is 0 Å². The zero-order valence-electron chi connectivity index (χ0n) is 8.47. The van der Waals surface area contributed by atoms with Gasteiger partial charge in [0.05, 0.1) is 14.9 Å². The second-order valence-electron chi connectivity index (χ2n) is 3.07. The summed E-state index contributed by atoms with van der Waals surface area (Å²) in [5.41, 5.74) is 13.7. The van der Waals surface area contributed by atoms with Crippen molar-refractivity contribution in [2.75, 3.05) is 18.1 Å². The number of aliphatic hydroxyl groups excluding tert-OH is 1. The van der Waals surface area contributed by atoms with Crippen LogP contribution in [0.4, 0.5) is 11.4 Å². The maximum Gasteiger partial charge on any atom is 0.332 e. The van der Waals surface area contributed by atoms with Crippen molar-refractivity contribution < 1.29 is 14.6 Å². The third-order valence-corrected chi connectivity index (χ3v) is 5.61. The lowest BCUT2D eigenvalue weighted by atomic mass is 10.2. The number of aliphatic hydroxyl groups is 1. The topological polar surface area (TPSA) is 98.6 Å². The molecule has 0 atom stereocenters. The Balaban J connectivity index is 3.12. The van der Waals surface area contributed by atoms with E-state index in [4.69, 9.17) is 21.3 Å². The number of nitrogen functional groups attached to an aromatic ring is 2. The van der Waals surface area contributed by atoms with Crippen LogP contribution in [0.25, 0.3) is 0 Å². The fraction of sp³-hybridized carbons (Fsp3) is 0.222. The van der Waals surface area contributed by atoms with Crippen molar-refractivity contribution in [1.29, 1.82) is 0 Å². The van der Waals surface area contributed by atoms with Gasteiger partial charge in [0, 0.05) is 12.7 Å². The van der Waals surface area contributed by atoms with Crippen molar-refractivity contribution in [2.45, 2.75) is 6.61 Å². The summed E-state index contributed by atoms with van der Waals surface area (Å²) in [5, 5.41) is 8.58. The highest BCUT2D eigenvalue weighted by molar-refractivity contribution is 14.1. The Kier molecular flexibility index (Phi) is 5.98.